The Morgan fingerprint density at radius 1 is 1.04 bits per heavy atom. The number of benzene rings is 2. The van der Waals surface area contributed by atoms with E-state index in [1.165, 1.54) is 22.4 Å². The Balaban J connectivity index is 1.66. The summed E-state index contributed by atoms with van der Waals surface area (Å²) < 4.78 is 10.9. The molecule has 23 heavy (non-hydrogen) atoms. The number of hydrogen-bond donors (Lipinski definition) is 0. The molecule has 2 aromatic carbocycles. The van der Waals surface area contributed by atoms with E-state index in [2.05, 4.69) is 35.2 Å². The summed E-state index contributed by atoms with van der Waals surface area (Å²) >= 11 is 0. The third-order valence-corrected chi connectivity index (χ3v) is 4.41. The predicted molar refractivity (Wildman–Crippen MR) is 91.9 cm³/mol. The maximum atomic E-state index is 5.63. The van der Waals surface area contributed by atoms with E-state index in [1.54, 1.807) is 13.4 Å². The molecule has 0 bridgehead atoms. The van der Waals surface area contributed by atoms with Crippen LogP contribution in [0.2, 0.25) is 0 Å². The number of methoxy groups -OCH3 is 1. The van der Waals surface area contributed by atoms with Crippen LogP contribution in [0.4, 0.5) is 5.69 Å². The Bertz CT molecular complexity index is 791. The molecular weight excluding hydrogens is 286 g/mol. The van der Waals surface area contributed by atoms with Crippen LogP contribution >= 0.6 is 0 Å². The summed E-state index contributed by atoms with van der Waals surface area (Å²) in [6, 6.07) is 18.7. The third kappa shape index (κ3) is 2.59. The second-order valence-corrected chi connectivity index (χ2v) is 5.81. The highest BCUT2D eigenvalue weighted by molar-refractivity contribution is 5.80. The lowest BCUT2D eigenvalue weighted by molar-refractivity contribution is 0.414. The number of anilines is 1. The standard InChI is InChI=1S/C20H19NO2/c1-22-17-9-7-15(8-10-17)14-21-12-11-16-4-2-5-18(20(16)21)19-6-3-13-23-19/h2-10,13H,11-12,14H2,1H3. The highest BCUT2D eigenvalue weighted by Crippen LogP contribution is 2.39. The molecule has 3 heteroatoms. The molecule has 116 valence electrons. The van der Waals surface area contributed by atoms with Crippen LogP contribution in [-0.2, 0) is 13.0 Å². The van der Waals surface area contributed by atoms with E-state index >= 15 is 0 Å². The van der Waals surface area contributed by atoms with Gasteiger partial charge in [-0.1, -0.05) is 24.3 Å². The number of ether oxygens (including phenoxy) is 1. The molecule has 0 aliphatic carbocycles. The highest BCUT2D eigenvalue weighted by Gasteiger charge is 2.23. The number of fused-ring (bicyclic) bond motifs is 1. The quantitative estimate of drug-likeness (QED) is 0.709. The van der Waals surface area contributed by atoms with Crippen molar-refractivity contribution in [1.29, 1.82) is 0 Å². The van der Waals surface area contributed by atoms with Gasteiger partial charge in [-0.15, -0.1) is 0 Å². The summed E-state index contributed by atoms with van der Waals surface area (Å²) in [6.45, 7) is 1.94. The molecule has 0 atom stereocenters. The zero-order chi connectivity index (χ0) is 15.6. The Morgan fingerprint density at radius 2 is 1.91 bits per heavy atom. The molecule has 0 radical (unpaired) electrons. The van der Waals surface area contributed by atoms with E-state index < -0.39 is 0 Å². The van der Waals surface area contributed by atoms with Gasteiger partial charge in [0.25, 0.3) is 0 Å². The number of hydrogen-bond acceptors (Lipinski definition) is 3. The van der Waals surface area contributed by atoms with Gasteiger partial charge in [0.2, 0.25) is 0 Å². The highest BCUT2D eigenvalue weighted by atomic mass is 16.5. The van der Waals surface area contributed by atoms with Crippen LogP contribution in [-0.4, -0.2) is 13.7 Å². The minimum Gasteiger partial charge on any atom is -0.497 e. The van der Waals surface area contributed by atoms with Crippen molar-refractivity contribution in [1.82, 2.24) is 0 Å². The zero-order valence-electron chi connectivity index (χ0n) is 13.2. The SMILES string of the molecule is COc1ccc(CN2CCc3cccc(-c4ccco4)c32)cc1. The van der Waals surface area contributed by atoms with Crippen LogP contribution < -0.4 is 9.64 Å². The summed E-state index contributed by atoms with van der Waals surface area (Å²) in [4.78, 5) is 2.44. The Hall–Kier alpha value is -2.68. The van der Waals surface area contributed by atoms with E-state index in [1.807, 2.05) is 24.3 Å². The number of furan rings is 1. The minimum absolute atomic E-state index is 0.895. The van der Waals surface area contributed by atoms with Crippen LogP contribution in [0.5, 0.6) is 5.75 Å². The summed E-state index contributed by atoms with van der Waals surface area (Å²) in [5.41, 5.74) is 5.16. The summed E-state index contributed by atoms with van der Waals surface area (Å²) in [6.07, 6.45) is 2.82. The number of para-hydroxylation sites is 1. The second-order valence-electron chi connectivity index (χ2n) is 5.81. The summed E-state index contributed by atoms with van der Waals surface area (Å²) in [5.74, 6) is 1.83. The fourth-order valence-electron chi connectivity index (χ4n) is 3.27. The molecule has 3 aromatic rings. The van der Waals surface area contributed by atoms with E-state index in [0.717, 1.165) is 31.0 Å². The van der Waals surface area contributed by atoms with Crippen molar-refractivity contribution in [3.63, 3.8) is 0 Å². The van der Waals surface area contributed by atoms with Crippen LogP contribution in [0.25, 0.3) is 11.3 Å². The monoisotopic (exact) mass is 305 g/mol. The van der Waals surface area contributed by atoms with Gasteiger partial charge in [0.1, 0.15) is 11.5 Å². The number of nitrogens with zero attached hydrogens (tertiary/aromatic N) is 1. The fourth-order valence-corrected chi connectivity index (χ4v) is 3.27. The second kappa shape index (κ2) is 5.84. The van der Waals surface area contributed by atoms with Gasteiger partial charge in [-0.05, 0) is 47.9 Å². The molecule has 1 aliphatic heterocycles. The first-order valence-electron chi connectivity index (χ1n) is 7.89. The van der Waals surface area contributed by atoms with Crippen LogP contribution in [0, 0.1) is 0 Å². The van der Waals surface area contributed by atoms with Gasteiger partial charge < -0.3 is 14.1 Å². The Morgan fingerprint density at radius 3 is 2.65 bits per heavy atom. The van der Waals surface area contributed by atoms with E-state index in [9.17, 15) is 0 Å². The molecule has 0 saturated heterocycles. The van der Waals surface area contributed by atoms with Crippen molar-refractivity contribution < 1.29 is 9.15 Å². The van der Waals surface area contributed by atoms with Crippen molar-refractivity contribution >= 4 is 5.69 Å². The molecule has 1 aliphatic rings. The predicted octanol–water partition coefficient (Wildman–Crippen LogP) is 4.52. The van der Waals surface area contributed by atoms with Crippen LogP contribution in [0.1, 0.15) is 11.1 Å². The molecule has 2 heterocycles. The maximum absolute atomic E-state index is 5.63. The van der Waals surface area contributed by atoms with Gasteiger partial charge in [0, 0.05) is 18.7 Å². The topological polar surface area (TPSA) is 25.6 Å². The van der Waals surface area contributed by atoms with Gasteiger partial charge in [-0.2, -0.15) is 0 Å². The van der Waals surface area contributed by atoms with Crippen LogP contribution in [0.3, 0.4) is 0 Å². The molecule has 1 aromatic heterocycles. The molecule has 4 rings (SSSR count). The van der Waals surface area contributed by atoms with Crippen molar-refractivity contribution in [2.45, 2.75) is 13.0 Å². The molecule has 0 N–H and O–H groups in total. The van der Waals surface area contributed by atoms with Crippen molar-refractivity contribution in [3.05, 3.63) is 72.0 Å². The van der Waals surface area contributed by atoms with Gasteiger partial charge in [-0.3, -0.25) is 0 Å². The normalized spacial score (nSPS) is 13.2. The lowest BCUT2D eigenvalue weighted by atomic mass is 10.1. The largest absolute Gasteiger partial charge is 0.497 e. The molecule has 0 amide bonds. The summed E-state index contributed by atoms with van der Waals surface area (Å²) in [5, 5.41) is 0. The molecule has 0 saturated carbocycles. The van der Waals surface area contributed by atoms with Crippen LogP contribution in [0.15, 0.2) is 65.3 Å². The molecule has 3 nitrogen and oxygen atoms in total. The Kier molecular flexibility index (Phi) is 3.54. The van der Waals surface area contributed by atoms with Gasteiger partial charge >= 0.3 is 0 Å². The Labute approximate surface area is 136 Å². The van der Waals surface area contributed by atoms with Crippen molar-refractivity contribution in [2.24, 2.45) is 0 Å². The first-order valence-corrected chi connectivity index (χ1v) is 7.89. The first-order chi connectivity index (χ1) is 11.3. The van der Waals surface area contributed by atoms with E-state index in [4.69, 9.17) is 9.15 Å². The number of rotatable bonds is 4. The average molecular weight is 305 g/mol. The third-order valence-electron chi connectivity index (χ3n) is 4.41. The molecule has 0 spiro atoms. The van der Waals surface area contributed by atoms with Gasteiger partial charge in [-0.25, -0.2) is 0 Å². The lowest BCUT2D eigenvalue weighted by Crippen LogP contribution is -2.20. The first kappa shape index (κ1) is 13.9. The van der Waals surface area contributed by atoms with E-state index in [-0.39, 0.29) is 0 Å². The molecule has 0 fully saturated rings. The van der Waals surface area contributed by atoms with Gasteiger partial charge in [0.15, 0.2) is 0 Å². The fraction of sp³-hybridized carbons (Fsp3) is 0.200. The summed E-state index contributed by atoms with van der Waals surface area (Å²) in [7, 11) is 1.70. The average Bonchev–Trinajstić information content (AvgIpc) is 3.26. The van der Waals surface area contributed by atoms with E-state index in [0.29, 0.717) is 0 Å². The van der Waals surface area contributed by atoms with Crippen molar-refractivity contribution in [2.75, 3.05) is 18.6 Å². The lowest BCUT2D eigenvalue weighted by Gasteiger charge is -2.22. The molecule has 0 unspecified atom stereocenters. The molecular formula is C20H19NO2. The minimum atomic E-state index is 0.895. The zero-order valence-corrected chi connectivity index (χ0v) is 13.2. The smallest absolute Gasteiger partial charge is 0.135 e. The van der Waals surface area contributed by atoms with Crippen molar-refractivity contribution in [3.8, 4) is 17.1 Å². The van der Waals surface area contributed by atoms with Gasteiger partial charge in [0.05, 0.1) is 19.1 Å². The maximum Gasteiger partial charge on any atom is 0.135 e.